The highest BCUT2D eigenvalue weighted by molar-refractivity contribution is 5.94. The van der Waals surface area contributed by atoms with Crippen LogP contribution in [0.4, 0.5) is 5.82 Å². The molecule has 1 aromatic rings. The van der Waals surface area contributed by atoms with E-state index in [-0.39, 0.29) is 5.91 Å². The van der Waals surface area contributed by atoms with Crippen molar-refractivity contribution < 1.29 is 4.79 Å². The van der Waals surface area contributed by atoms with E-state index in [1.807, 2.05) is 6.92 Å². The van der Waals surface area contributed by atoms with E-state index < -0.39 is 0 Å². The topological polar surface area (TPSA) is 57.3 Å². The Balaban J connectivity index is 2.53. The number of nitrogens with zero attached hydrogens (tertiary/aromatic N) is 2. The molecule has 1 rings (SSSR count). The molecule has 5 heteroatoms. The minimum absolute atomic E-state index is 0.0513. The van der Waals surface area contributed by atoms with E-state index in [0.717, 1.165) is 18.7 Å². The van der Waals surface area contributed by atoms with Crippen molar-refractivity contribution >= 4 is 11.7 Å². The van der Waals surface area contributed by atoms with Gasteiger partial charge in [0, 0.05) is 37.4 Å². The summed E-state index contributed by atoms with van der Waals surface area (Å²) in [4.78, 5) is 18.6. The van der Waals surface area contributed by atoms with E-state index in [2.05, 4.69) is 41.4 Å². The van der Waals surface area contributed by atoms with Crippen molar-refractivity contribution in [3.63, 3.8) is 0 Å². The van der Waals surface area contributed by atoms with Crippen molar-refractivity contribution in [2.45, 2.75) is 33.2 Å². The number of anilines is 1. The zero-order valence-electron chi connectivity index (χ0n) is 13.2. The molecular formula is C15H26N4O. The molecule has 1 aromatic heterocycles. The molecule has 1 amide bonds. The van der Waals surface area contributed by atoms with E-state index in [0.29, 0.717) is 24.0 Å². The van der Waals surface area contributed by atoms with Gasteiger partial charge in [-0.2, -0.15) is 0 Å². The normalized spacial score (nSPS) is 12.3. The predicted molar refractivity (Wildman–Crippen MR) is 83.2 cm³/mol. The van der Waals surface area contributed by atoms with Crippen molar-refractivity contribution in [3.05, 3.63) is 23.4 Å². The average Bonchev–Trinajstić information content (AvgIpc) is 2.45. The van der Waals surface area contributed by atoms with E-state index in [1.165, 1.54) is 0 Å². The number of likely N-dealkylation sites (N-methyl/N-ethyl adjacent to an activating group) is 1. The van der Waals surface area contributed by atoms with Gasteiger partial charge in [-0.05, 0) is 39.4 Å². The summed E-state index contributed by atoms with van der Waals surface area (Å²) in [5.41, 5.74) is 1.48. The lowest BCUT2D eigenvalue weighted by Crippen LogP contribution is -2.37. The fourth-order valence-electron chi connectivity index (χ4n) is 1.91. The second-order valence-corrected chi connectivity index (χ2v) is 5.13. The first-order valence-corrected chi connectivity index (χ1v) is 7.12. The molecule has 0 aliphatic heterocycles. The second kappa shape index (κ2) is 7.85. The van der Waals surface area contributed by atoms with Crippen LogP contribution in [0.2, 0.25) is 0 Å². The maximum Gasteiger partial charge on any atom is 0.251 e. The Morgan fingerprint density at radius 2 is 2.15 bits per heavy atom. The van der Waals surface area contributed by atoms with Gasteiger partial charge in [0.15, 0.2) is 0 Å². The Morgan fingerprint density at radius 1 is 1.45 bits per heavy atom. The monoisotopic (exact) mass is 278 g/mol. The predicted octanol–water partition coefficient (Wildman–Crippen LogP) is 1.89. The maximum atomic E-state index is 12.1. The van der Waals surface area contributed by atoms with Gasteiger partial charge in [0.05, 0.1) is 0 Å². The van der Waals surface area contributed by atoms with Gasteiger partial charge in [-0.15, -0.1) is 0 Å². The zero-order valence-corrected chi connectivity index (χ0v) is 13.2. The molecule has 0 bridgehead atoms. The largest absolute Gasteiger partial charge is 0.373 e. The van der Waals surface area contributed by atoms with Crippen LogP contribution in [0.1, 0.15) is 36.3 Å². The fourth-order valence-corrected chi connectivity index (χ4v) is 1.91. The number of aromatic nitrogens is 1. The molecule has 0 spiro atoms. The maximum absolute atomic E-state index is 12.1. The lowest BCUT2D eigenvalue weighted by molar-refractivity contribution is 0.0947. The van der Waals surface area contributed by atoms with Gasteiger partial charge >= 0.3 is 0 Å². The van der Waals surface area contributed by atoms with Gasteiger partial charge < -0.3 is 15.5 Å². The van der Waals surface area contributed by atoms with Crippen molar-refractivity contribution in [1.82, 2.24) is 15.2 Å². The summed E-state index contributed by atoms with van der Waals surface area (Å²) < 4.78 is 0. The number of nitrogens with one attached hydrogen (secondary N) is 2. The van der Waals surface area contributed by atoms with Crippen LogP contribution in [-0.2, 0) is 0 Å². The molecule has 2 N–H and O–H groups in total. The van der Waals surface area contributed by atoms with Gasteiger partial charge in [0.25, 0.3) is 5.91 Å². The van der Waals surface area contributed by atoms with Gasteiger partial charge in [0.1, 0.15) is 5.82 Å². The van der Waals surface area contributed by atoms with E-state index in [1.54, 1.807) is 19.2 Å². The molecule has 0 saturated heterocycles. The number of carbonyl (C=O) groups excluding carboxylic acids is 1. The van der Waals surface area contributed by atoms with Crippen molar-refractivity contribution in [3.8, 4) is 0 Å². The van der Waals surface area contributed by atoms with E-state index in [9.17, 15) is 4.79 Å². The second-order valence-electron chi connectivity index (χ2n) is 5.13. The van der Waals surface area contributed by atoms with Crippen molar-refractivity contribution in [2.24, 2.45) is 0 Å². The number of pyridine rings is 1. The third-order valence-corrected chi connectivity index (χ3v) is 3.57. The van der Waals surface area contributed by atoms with Crippen LogP contribution >= 0.6 is 0 Å². The molecule has 112 valence electrons. The van der Waals surface area contributed by atoms with Crippen LogP contribution in [0.25, 0.3) is 0 Å². The number of aryl methyl sites for hydroxylation is 1. The van der Waals surface area contributed by atoms with Gasteiger partial charge in [-0.1, -0.05) is 6.92 Å². The number of hydrogen-bond donors (Lipinski definition) is 2. The molecule has 0 fully saturated rings. The zero-order chi connectivity index (χ0) is 15.1. The lowest BCUT2D eigenvalue weighted by atomic mass is 10.2. The van der Waals surface area contributed by atoms with E-state index in [4.69, 9.17) is 0 Å². The molecule has 5 nitrogen and oxygen atoms in total. The Bertz CT molecular complexity index is 447. The highest BCUT2D eigenvalue weighted by Crippen LogP contribution is 2.09. The van der Waals surface area contributed by atoms with Crippen molar-refractivity contribution in [1.29, 1.82) is 0 Å². The summed E-state index contributed by atoms with van der Waals surface area (Å²) in [5, 5.41) is 5.91. The van der Waals surface area contributed by atoms with Crippen LogP contribution in [0, 0.1) is 6.92 Å². The molecule has 1 atom stereocenters. The molecule has 0 aromatic carbocycles. The molecular weight excluding hydrogens is 252 g/mol. The molecule has 1 unspecified atom stereocenters. The molecule has 20 heavy (non-hydrogen) atoms. The van der Waals surface area contributed by atoms with Gasteiger partial charge in [-0.3, -0.25) is 4.79 Å². The minimum atomic E-state index is -0.0513. The third-order valence-electron chi connectivity index (χ3n) is 3.57. The van der Waals surface area contributed by atoms with E-state index >= 15 is 0 Å². The number of hydrogen-bond acceptors (Lipinski definition) is 4. The Hall–Kier alpha value is -1.62. The highest BCUT2D eigenvalue weighted by Gasteiger charge is 2.10. The number of amides is 1. The summed E-state index contributed by atoms with van der Waals surface area (Å²) in [5.74, 6) is 0.663. The van der Waals surface area contributed by atoms with Crippen LogP contribution < -0.4 is 10.6 Å². The quantitative estimate of drug-likeness (QED) is 0.800. The molecule has 0 saturated carbocycles. The molecule has 0 aliphatic rings. The SMILES string of the molecule is CCC(C)N(C)CCNC(=O)c1cc(C)nc(NC)c1. The summed E-state index contributed by atoms with van der Waals surface area (Å²) in [6.07, 6.45) is 1.11. The van der Waals surface area contributed by atoms with Crippen molar-refractivity contribution in [2.75, 3.05) is 32.5 Å². The third kappa shape index (κ3) is 4.81. The lowest BCUT2D eigenvalue weighted by Gasteiger charge is -2.23. The molecule has 0 aliphatic carbocycles. The Labute approximate surface area is 121 Å². The van der Waals surface area contributed by atoms with Crippen LogP contribution in [-0.4, -0.2) is 49.0 Å². The Morgan fingerprint density at radius 3 is 2.75 bits per heavy atom. The minimum Gasteiger partial charge on any atom is -0.373 e. The highest BCUT2D eigenvalue weighted by atomic mass is 16.1. The summed E-state index contributed by atoms with van der Waals surface area (Å²) in [6.45, 7) is 7.74. The summed E-state index contributed by atoms with van der Waals surface area (Å²) in [7, 11) is 3.88. The Kier molecular flexibility index (Phi) is 6.45. The molecule has 0 radical (unpaired) electrons. The van der Waals surface area contributed by atoms with Crippen LogP contribution in [0.3, 0.4) is 0 Å². The first-order chi connectivity index (χ1) is 9.47. The standard InChI is InChI=1S/C15H26N4O/c1-6-12(3)19(5)8-7-17-15(20)13-9-11(2)18-14(10-13)16-4/h9-10,12H,6-8H2,1-5H3,(H,16,18)(H,17,20). The first-order valence-electron chi connectivity index (χ1n) is 7.12. The fraction of sp³-hybridized carbons (Fsp3) is 0.600. The average molecular weight is 278 g/mol. The summed E-state index contributed by atoms with van der Waals surface area (Å²) in [6, 6.07) is 4.10. The molecule has 1 heterocycles. The van der Waals surface area contributed by atoms with Crippen LogP contribution in [0.15, 0.2) is 12.1 Å². The number of rotatable bonds is 7. The smallest absolute Gasteiger partial charge is 0.251 e. The van der Waals surface area contributed by atoms with Gasteiger partial charge in [-0.25, -0.2) is 4.98 Å². The van der Waals surface area contributed by atoms with Crippen LogP contribution in [0.5, 0.6) is 0 Å². The van der Waals surface area contributed by atoms with Gasteiger partial charge in [0.2, 0.25) is 0 Å². The first kappa shape index (κ1) is 16.4. The number of carbonyl (C=O) groups is 1. The summed E-state index contributed by atoms with van der Waals surface area (Å²) >= 11 is 0.